The van der Waals surface area contributed by atoms with Crippen molar-refractivity contribution < 1.29 is 14.8 Å². The summed E-state index contributed by atoms with van der Waals surface area (Å²) in [5.74, 6) is 0.246. The average molecular weight is 389 g/mol. The van der Waals surface area contributed by atoms with Crippen LogP contribution < -0.4 is 0 Å². The molecule has 0 radical (unpaired) electrons. The molecule has 0 aliphatic carbocycles. The van der Waals surface area contributed by atoms with Gasteiger partial charge < -0.3 is 14.8 Å². The van der Waals surface area contributed by atoms with Crippen LogP contribution >= 0.6 is 0 Å². The molecule has 1 unspecified atom stereocenters. The second kappa shape index (κ2) is 10.2. The van der Waals surface area contributed by atoms with Crippen LogP contribution in [-0.4, -0.2) is 28.3 Å². The number of hydrogen-bond acceptors (Lipinski definition) is 4. The van der Waals surface area contributed by atoms with Gasteiger partial charge in [-0.2, -0.15) is 0 Å². The van der Waals surface area contributed by atoms with Gasteiger partial charge in [-0.3, -0.25) is 4.98 Å². The maximum atomic E-state index is 10.0. The summed E-state index contributed by atoms with van der Waals surface area (Å²) in [6.45, 7) is 6.36. The van der Waals surface area contributed by atoms with E-state index in [0.29, 0.717) is 6.32 Å². The van der Waals surface area contributed by atoms with Gasteiger partial charge in [-0.05, 0) is 71.9 Å². The van der Waals surface area contributed by atoms with E-state index in [4.69, 9.17) is 4.65 Å². The van der Waals surface area contributed by atoms with Gasteiger partial charge in [0.05, 0.1) is 11.8 Å². The zero-order valence-corrected chi connectivity index (χ0v) is 16.9. The fraction of sp³-hybridized carbons (Fsp3) is 0.292. The molecule has 2 aromatic rings. The Balaban J connectivity index is 1.82. The zero-order chi connectivity index (χ0) is 20.6. The summed E-state index contributed by atoms with van der Waals surface area (Å²) >= 11 is 0. The number of phenols is 1. The van der Waals surface area contributed by atoms with Crippen molar-refractivity contribution in [3.8, 4) is 5.75 Å². The standard InChI is InChI=1S/C24H28BNO3/c1-3-6-18(2)22-14-15-25(28)29-24(22)13-10-20(23-7-4-5-16-26-23)17-19-8-11-21(27)12-9-19/h4-5,7-9,11-12,14,16-17,24,27-28H,2-3,6,10,13,15H2,1H3/b20-17-. The topological polar surface area (TPSA) is 62.6 Å². The molecule has 0 bridgehead atoms. The van der Waals surface area contributed by atoms with Crippen molar-refractivity contribution in [2.75, 3.05) is 0 Å². The number of aromatic nitrogens is 1. The first-order chi connectivity index (χ1) is 14.1. The first kappa shape index (κ1) is 21.1. The summed E-state index contributed by atoms with van der Waals surface area (Å²) in [7, 11) is -0.766. The third-order valence-corrected chi connectivity index (χ3v) is 5.07. The molecule has 0 fully saturated rings. The van der Waals surface area contributed by atoms with Crippen LogP contribution in [0.4, 0.5) is 0 Å². The van der Waals surface area contributed by atoms with Crippen molar-refractivity contribution in [2.24, 2.45) is 0 Å². The molecule has 29 heavy (non-hydrogen) atoms. The number of nitrogens with zero attached hydrogens (tertiary/aromatic N) is 1. The number of aromatic hydroxyl groups is 1. The Bertz CT molecular complexity index is 875. The third-order valence-electron chi connectivity index (χ3n) is 5.07. The zero-order valence-electron chi connectivity index (χ0n) is 16.9. The van der Waals surface area contributed by atoms with Crippen LogP contribution in [-0.2, 0) is 4.65 Å². The minimum Gasteiger partial charge on any atom is -0.508 e. The second-order valence-electron chi connectivity index (χ2n) is 7.34. The molecule has 1 aromatic heterocycles. The number of hydrogen-bond donors (Lipinski definition) is 2. The van der Waals surface area contributed by atoms with Crippen LogP contribution in [0.1, 0.15) is 43.9 Å². The van der Waals surface area contributed by atoms with Crippen LogP contribution in [0.15, 0.2) is 72.5 Å². The lowest BCUT2D eigenvalue weighted by atomic mass is 9.77. The highest BCUT2D eigenvalue weighted by molar-refractivity contribution is 6.43. The van der Waals surface area contributed by atoms with E-state index >= 15 is 0 Å². The monoisotopic (exact) mass is 389 g/mol. The van der Waals surface area contributed by atoms with Crippen LogP contribution in [0.5, 0.6) is 5.75 Å². The highest BCUT2D eigenvalue weighted by Crippen LogP contribution is 2.31. The van der Waals surface area contributed by atoms with E-state index in [-0.39, 0.29) is 11.9 Å². The van der Waals surface area contributed by atoms with E-state index < -0.39 is 7.12 Å². The molecule has 2 heterocycles. The molecule has 2 N–H and O–H groups in total. The first-order valence-electron chi connectivity index (χ1n) is 10.2. The number of rotatable bonds is 8. The van der Waals surface area contributed by atoms with Gasteiger partial charge in [0.15, 0.2) is 0 Å². The Kier molecular flexibility index (Phi) is 7.45. The molecule has 0 spiro atoms. The Labute approximate surface area is 173 Å². The summed E-state index contributed by atoms with van der Waals surface area (Å²) in [6.07, 6.45) is 9.71. The van der Waals surface area contributed by atoms with Gasteiger partial charge in [0.25, 0.3) is 0 Å². The van der Waals surface area contributed by atoms with Gasteiger partial charge in [-0.1, -0.05) is 44.2 Å². The average Bonchev–Trinajstić information content (AvgIpc) is 2.73. The Hall–Kier alpha value is -2.63. The summed E-state index contributed by atoms with van der Waals surface area (Å²) in [5, 5.41) is 19.5. The Morgan fingerprint density at radius 1 is 1.24 bits per heavy atom. The number of pyridine rings is 1. The van der Waals surface area contributed by atoms with Crippen LogP contribution in [0.3, 0.4) is 0 Å². The highest BCUT2D eigenvalue weighted by atomic mass is 16.5. The molecule has 0 saturated heterocycles. The molecule has 1 aromatic carbocycles. The van der Waals surface area contributed by atoms with E-state index in [2.05, 4.69) is 30.6 Å². The molecular formula is C24H28BNO3. The van der Waals surface area contributed by atoms with Crippen LogP contribution in [0.25, 0.3) is 11.6 Å². The molecule has 0 amide bonds. The maximum Gasteiger partial charge on any atom is 0.458 e. The molecule has 3 rings (SSSR count). The molecule has 1 aliphatic rings. The minimum atomic E-state index is -0.766. The van der Waals surface area contributed by atoms with Gasteiger partial charge in [0.2, 0.25) is 0 Å². The molecule has 5 heteroatoms. The van der Waals surface area contributed by atoms with Crippen molar-refractivity contribution in [3.05, 3.63) is 83.7 Å². The number of benzene rings is 1. The second-order valence-corrected chi connectivity index (χ2v) is 7.34. The number of phenolic OH excluding ortho intramolecular Hbond substituents is 1. The van der Waals surface area contributed by atoms with Gasteiger partial charge >= 0.3 is 7.12 Å². The lowest BCUT2D eigenvalue weighted by Gasteiger charge is -2.28. The predicted octanol–water partition coefficient (Wildman–Crippen LogP) is 5.27. The van der Waals surface area contributed by atoms with E-state index in [9.17, 15) is 10.1 Å². The van der Waals surface area contributed by atoms with Gasteiger partial charge in [-0.25, -0.2) is 0 Å². The van der Waals surface area contributed by atoms with Crippen LogP contribution in [0, 0.1) is 0 Å². The Morgan fingerprint density at radius 2 is 2.03 bits per heavy atom. The fourth-order valence-electron chi connectivity index (χ4n) is 3.60. The fourth-order valence-corrected chi connectivity index (χ4v) is 3.60. The lowest BCUT2D eigenvalue weighted by molar-refractivity contribution is 0.184. The molecule has 0 saturated carbocycles. The van der Waals surface area contributed by atoms with E-state index in [1.807, 2.05) is 30.3 Å². The summed E-state index contributed by atoms with van der Waals surface area (Å²) in [5.41, 5.74) is 5.20. The quantitative estimate of drug-likeness (QED) is 0.604. The van der Waals surface area contributed by atoms with Gasteiger partial charge in [0.1, 0.15) is 5.75 Å². The van der Waals surface area contributed by atoms with E-state index in [1.165, 1.54) is 0 Å². The maximum absolute atomic E-state index is 10.0. The molecule has 4 nitrogen and oxygen atoms in total. The minimum absolute atomic E-state index is 0.176. The van der Waals surface area contributed by atoms with E-state index in [1.54, 1.807) is 18.3 Å². The molecule has 1 atom stereocenters. The van der Waals surface area contributed by atoms with Gasteiger partial charge in [0, 0.05) is 12.5 Å². The lowest BCUT2D eigenvalue weighted by Crippen LogP contribution is -2.31. The summed E-state index contributed by atoms with van der Waals surface area (Å²) < 4.78 is 5.86. The predicted molar refractivity (Wildman–Crippen MR) is 119 cm³/mol. The van der Waals surface area contributed by atoms with Crippen molar-refractivity contribution in [3.63, 3.8) is 0 Å². The molecule has 1 aliphatic heterocycles. The SMILES string of the molecule is C=C(CCC)C1=CCB(O)OC1CC/C(=C/c1ccc(O)cc1)c1ccccn1. The van der Waals surface area contributed by atoms with Crippen molar-refractivity contribution in [1.29, 1.82) is 0 Å². The normalized spacial score (nSPS) is 17.2. The molecular weight excluding hydrogens is 361 g/mol. The number of allylic oxidation sites excluding steroid dienone is 2. The summed E-state index contributed by atoms with van der Waals surface area (Å²) in [4.78, 5) is 4.52. The van der Waals surface area contributed by atoms with Crippen molar-refractivity contribution >= 4 is 18.8 Å². The van der Waals surface area contributed by atoms with Crippen molar-refractivity contribution in [1.82, 2.24) is 4.98 Å². The largest absolute Gasteiger partial charge is 0.508 e. The smallest absolute Gasteiger partial charge is 0.458 e. The Morgan fingerprint density at radius 3 is 2.72 bits per heavy atom. The first-order valence-corrected chi connectivity index (χ1v) is 10.2. The van der Waals surface area contributed by atoms with E-state index in [0.717, 1.165) is 53.7 Å². The third kappa shape index (κ3) is 5.92. The van der Waals surface area contributed by atoms with Crippen molar-refractivity contribution in [2.45, 2.75) is 45.0 Å². The molecule has 150 valence electrons. The van der Waals surface area contributed by atoms with Gasteiger partial charge in [-0.15, -0.1) is 0 Å². The van der Waals surface area contributed by atoms with Crippen LogP contribution in [0.2, 0.25) is 6.32 Å². The highest BCUT2D eigenvalue weighted by Gasteiger charge is 2.28. The summed E-state index contributed by atoms with van der Waals surface area (Å²) in [6, 6.07) is 13.0.